The van der Waals surface area contributed by atoms with Crippen LogP contribution in [0.1, 0.15) is 18.9 Å². The minimum Gasteiger partial charge on any atom is -0.382 e. The van der Waals surface area contributed by atoms with Crippen molar-refractivity contribution < 1.29 is 0 Å². The Labute approximate surface area is 127 Å². The van der Waals surface area contributed by atoms with Crippen LogP contribution in [0.15, 0.2) is 12.3 Å². The number of nitrogens with zero attached hydrogens (tertiary/aromatic N) is 5. The van der Waals surface area contributed by atoms with Crippen LogP contribution in [0, 0.1) is 0 Å². The van der Waals surface area contributed by atoms with Crippen LogP contribution in [-0.4, -0.2) is 83.9 Å². The fraction of sp³-hybridized carbons (Fsp3) is 0.800. The maximum absolute atomic E-state index is 5.70. The Morgan fingerprint density at radius 1 is 1.05 bits per heavy atom. The van der Waals surface area contributed by atoms with Gasteiger partial charge in [-0.25, -0.2) is 0 Å². The van der Waals surface area contributed by atoms with Gasteiger partial charge in [0.15, 0.2) is 0 Å². The van der Waals surface area contributed by atoms with Crippen LogP contribution in [0.4, 0.5) is 5.82 Å². The molecule has 2 aliphatic heterocycles. The first-order valence-corrected chi connectivity index (χ1v) is 8.14. The van der Waals surface area contributed by atoms with Gasteiger partial charge in [0.25, 0.3) is 0 Å². The number of hydrogen-bond acceptors (Lipinski definition) is 5. The molecule has 0 atom stereocenters. The monoisotopic (exact) mass is 292 g/mol. The van der Waals surface area contributed by atoms with E-state index in [4.69, 9.17) is 5.73 Å². The minimum atomic E-state index is 0.530. The van der Waals surface area contributed by atoms with Crippen molar-refractivity contribution in [2.45, 2.75) is 18.9 Å². The second-order valence-corrected chi connectivity index (χ2v) is 6.44. The standard InChI is InChI=1S/C15H28N6/c1-18-8-10-20(11-9-18)13-12-19-5-2-14(3-6-19)21-7-4-15(16)17-21/h4,7,14H,2-3,5-6,8-13H2,1H3,(H2,16,17). The fourth-order valence-corrected chi connectivity index (χ4v) is 3.32. The van der Waals surface area contributed by atoms with E-state index in [0.717, 1.165) is 0 Å². The van der Waals surface area contributed by atoms with E-state index in [1.54, 1.807) is 0 Å². The van der Waals surface area contributed by atoms with Gasteiger partial charge in [-0.2, -0.15) is 5.10 Å². The average molecular weight is 292 g/mol. The Bertz CT molecular complexity index is 429. The van der Waals surface area contributed by atoms with Gasteiger partial charge in [-0.3, -0.25) is 9.58 Å². The Balaban J connectivity index is 1.38. The number of hydrogen-bond donors (Lipinski definition) is 1. The first-order valence-electron chi connectivity index (χ1n) is 8.14. The maximum Gasteiger partial charge on any atom is 0.145 e. The summed E-state index contributed by atoms with van der Waals surface area (Å²) in [5, 5.41) is 4.35. The summed E-state index contributed by atoms with van der Waals surface area (Å²) < 4.78 is 2.05. The summed E-state index contributed by atoms with van der Waals surface area (Å²) >= 11 is 0. The summed E-state index contributed by atoms with van der Waals surface area (Å²) in [5.41, 5.74) is 5.70. The average Bonchev–Trinajstić information content (AvgIpc) is 2.94. The Kier molecular flexibility index (Phi) is 4.77. The van der Waals surface area contributed by atoms with Gasteiger partial charge in [0.2, 0.25) is 0 Å². The summed E-state index contributed by atoms with van der Waals surface area (Å²) in [6, 6.07) is 2.42. The molecule has 0 spiro atoms. The van der Waals surface area contributed by atoms with E-state index in [1.165, 1.54) is 65.2 Å². The predicted octanol–water partition coefficient (Wildman–Crippen LogP) is 0.350. The van der Waals surface area contributed by atoms with Gasteiger partial charge >= 0.3 is 0 Å². The molecule has 6 heteroatoms. The molecule has 3 heterocycles. The molecule has 0 aliphatic carbocycles. The topological polar surface area (TPSA) is 53.6 Å². The molecule has 0 aromatic carbocycles. The van der Waals surface area contributed by atoms with Gasteiger partial charge in [0.1, 0.15) is 5.82 Å². The Morgan fingerprint density at radius 2 is 1.67 bits per heavy atom. The second-order valence-electron chi connectivity index (χ2n) is 6.44. The van der Waals surface area contributed by atoms with Gasteiger partial charge < -0.3 is 15.5 Å². The highest BCUT2D eigenvalue weighted by Gasteiger charge is 2.22. The molecule has 0 amide bonds. The van der Waals surface area contributed by atoms with Crippen molar-refractivity contribution in [2.75, 3.05) is 65.1 Å². The lowest BCUT2D eigenvalue weighted by atomic mass is 10.1. The third-order valence-corrected chi connectivity index (χ3v) is 4.89. The first kappa shape index (κ1) is 14.8. The lowest BCUT2D eigenvalue weighted by Gasteiger charge is -2.36. The number of nitrogens with two attached hydrogens (primary N) is 1. The molecule has 0 bridgehead atoms. The lowest BCUT2D eigenvalue weighted by Crippen LogP contribution is -2.47. The summed E-state index contributed by atoms with van der Waals surface area (Å²) in [6.07, 6.45) is 4.38. The zero-order chi connectivity index (χ0) is 14.7. The van der Waals surface area contributed by atoms with E-state index < -0.39 is 0 Å². The van der Waals surface area contributed by atoms with Gasteiger partial charge in [0.05, 0.1) is 6.04 Å². The third-order valence-electron chi connectivity index (χ3n) is 4.89. The quantitative estimate of drug-likeness (QED) is 0.868. The van der Waals surface area contributed by atoms with Crippen molar-refractivity contribution in [1.29, 1.82) is 0 Å². The Hall–Kier alpha value is -1.11. The van der Waals surface area contributed by atoms with Crippen LogP contribution in [0.25, 0.3) is 0 Å². The third kappa shape index (κ3) is 3.96. The molecule has 0 unspecified atom stereocenters. The molecule has 0 saturated carbocycles. The van der Waals surface area contributed by atoms with Crippen molar-refractivity contribution in [3.05, 3.63) is 12.3 Å². The number of likely N-dealkylation sites (N-methyl/N-ethyl adjacent to an activating group) is 1. The molecular formula is C15H28N6. The van der Waals surface area contributed by atoms with Crippen LogP contribution < -0.4 is 5.73 Å². The number of rotatable bonds is 4. The van der Waals surface area contributed by atoms with Crippen molar-refractivity contribution in [1.82, 2.24) is 24.5 Å². The highest BCUT2D eigenvalue weighted by Crippen LogP contribution is 2.22. The van der Waals surface area contributed by atoms with Crippen LogP contribution in [0.2, 0.25) is 0 Å². The number of piperazine rings is 1. The fourth-order valence-electron chi connectivity index (χ4n) is 3.32. The zero-order valence-electron chi connectivity index (χ0n) is 13.1. The van der Waals surface area contributed by atoms with Crippen molar-refractivity contribution in [3.8, 4) is 0 Å². The van der Waals surface area contributed by atoms with E-state index in [0.29, 0.717) is 11.9 Å². The number of piperidine rings is 1. The van der Waals surface area contributed by atoms with E-state index in [1.807, 2.05) is 16.9 Å². The van der Waals surface area contributed by atoms with Gasteiger partial charge in [-0.1, -0.05) is 0 Å². The number of aromatic nitrogens is 2. The molecule has 118 valence electrons. The van der Waals surface area contributed by atoms with Crippen molar-refractivity contribution in [3.63, 3.8) is 0 Å². The van der Waals surface area contributed by atoms with Crippen molar-refractivity contribution >= 4 is 5.82 Å². The van der Waals surface area contributed by atoms with E-state index in [2.05, 4.69) is 26.8 Å². The normalized spacial score (nSPS) is 23.7. The molecule has 2 N–H and O–H groups in total. The first-order chi connectivity index (χ1) is 10.2. The Morgan fingerprint density at radius 3 is 2.24 bits per heavy atom. The summed E-state index contributed by atoms with van der Waals surface area (Å²) in [5.74, 6) is 0.632. The van der Waals surface area contributed by atoms with Gasteiger partial charge in [-0.15, -0.1) is 0 Å². The molecule has 2 aliphatic rings. The van der Waals surface area contributed by atoms with Crippen LogP contribution in [0.5, 0.6) is 0 Å². The highest BCUT2D eigenvalue weighted by molar-refractivity contribution is 5.24. The van der Waals surface area contributed by atoms with E-state index in [-0.39, 0.29) is 0 Å². The molecule has 6 nitrogen and oxygen atoms in total. The summed E-state index contributed by atoms with van der Waals surface area (Å²) in [7, 11) is 2.21. The molecule has 21 heavy (non-hydrogen) atoms. The molecular weight excluding hydrogens is 264 g/mol. The predicted molar refractivity (Wildman–Crippen MR) is 85.3 cm³/mol. The highest BCUT2D eigenvalue weighted by atomic mass is 15.3. The van der Waals surface area contributed by atoms with Crippen LogP contribution in [0.3, 0.4) is 0 Å². The lowest BCUT2D eigenvalue weighted by molar-refractivity contribution is 0.119. The smallest absolute Gasteiger partial charge is 0.145 e. The van der Waals surface area contributed by atoms with E-state index >= 15 is 0 Å². The molecule has 3 rings (SSSR count). The molecule has 1 aromatic rings. The SMILES string of the molecule is CN1CCN(CCN2CCC(n3ccc(N)n3)CC2)CC1. The van der Waals surface area contributed by atoms with Crippen LogP contribution in [-0.2, 0) is 0 Å². The number of nitrogen functional groups attached to an aromatic ring is 1. The van der Waals surface area contributed by atoms with Crippen LogP contribution >= 0.6 is 0 Å². The van der Waals surface area contributed by atoms with Gasteiger partial charge in [-0.05, 0) is 26.0 Å². The number of likely N-dealkylation sites (tertiary alicyclic amines) is 1. The second kappa shape index (κ2) is 6.77. The largest absolute Gasteiger partial charge is 0.382 e. The minimum absolute atomic E-state index is 0.530. The number of anilines is 1. The van der Waals surface area contributed by atoms with E-state index in [9.17, 15) is 0 Å². The molecule has 1 aromatic heterocycles. The molecule has 2 fully saturated rings. The summed E-state index contributed by atoms with van der Waals surface area (Å²) in [4.78, 5) is 7.61. The maximum atomic E-state index is 5.70. The summed E-state index contributed by atoms with van der Waals surface area (Å²) in [6.45, 7) is 9.64. The van der Waals surface area contributed by atoms with Gasteiger partial charge in [0, 0.05) is 58.6 Å². The molecule has 0 radical (unpaired) electrons. The zero-order valence-corrected chi connectivity index (χ0v) is 13.1. The molecule has 2 saturated heterocycles. The van der Waals surface area contributed by atoms with Crippen molar-refractivity contribution in [2.24, 2.45) is 0 Å².